The van der Waals surface area contributed by atoms with Crippen molar-refractivity contribution in [3.63, 3.8) is 0 Å². The zero-order valence-corrected chi connectivity index (χ0v) is 14.5. The maximum atomic E-state index is 6.06. The minimum absolute atomic E-state index is 0.185. The Morgan fingerprint density at radius 3 is 2.10 bits per heavy atom. The van der Waals surface area contributed by atoms with Crippen molar-refractivity contribution in [3.05, 3.63) is 35.4 Å². The Labute approximate surface area is 130 Å². The van der Waals surface area contributed by atoms with Crippen LogP contribution in [0.25, 0.3) is 0 Å². The van der Waals surface area contributed by atoms with Crippen LogP contribution in [-0.2, 0) is 10.2 Å². The van der Waals surface area contributed by atoms with Crippen LogP contribution in [-0.4, -0.2) is 37.7 Å². The molecule has 1 aromatic rings. The van der Waals surface area contributed by atoms with E-state index in [4.69, 9.17) is 10.5 Å². The minimum atomic E-state index is 0.185. The summed E-state index contributed by atoms with van der Waals surface area (Å²) in [5.74, 6) is 0. The lowest BCUT2D eigenvalue weighted by Gasteiger charge is -2.34. The number of rotatable bonds is 7. The number of hydrogen-bond donors (Lipinski definition) is 1. The average Bonchev–Trinajstić information content (AvgIpc) is 2.42. The molecule has 1 aromatic carbocycles. The molecule has 0 spiro atoms. The quantitative estimate of drug-likeness (QED) is 0.837. The second-order valence-electron chi connectivity index (χ2n) is 6.95. The summed E-state index contributed by atoms with van der Waals surface area (Å²) >= 11 is 0. The average molecular weight is 292 g/mol. The highest BCUT2D eigenvalue weighted by atomic mass is 16.5. The summed E-state index contributed by atoms with van der Waals surface area (Å²) in [5.41, 5.74) is 8.89. The molecule has 1 unspecified atom stereocenters. The first-order valence-electron chi connectivity index (χ1n) is 7.86. The molecular formula is C18H32N2O. The predicted octanol–water partition coefficient (Wildman–Crippen LogP) is 3.34. The molecule has 0 fully saturated rings. The molecule has 0 bridgehead atoms. The van der Waals surface area contributed by atoms with Crippen LogP contribution in [0.5, 0.6) is 0 Å². The third-order valence-corrected chi connectivity index (χ3v) is 4.00. The Kier molecular flexibility index (Phi) is 6.85. The first-order chi connectivity index (χ1) is 9.81. The highest BCUT2D eigenvalue weighted by Crippen LogP contribution is 2.26. The second-order valence-corrected chi connectivity index (χ2v) is 6.95. The molecule has 2 N–H and O–H groups in total. The number of nitrogens with two attached hydrogens (primary N) is 1. The predicted molar refractivity (Wildman–Crippen MR) is 90.7 cm³/mol. The van der Waals surface area contributed by atoms with E-state index in [1.807, 2.05) is 0 Å². The number of methoxy groups -OCH3 is 1. The van der Waals surface area contributed by atoms with Gasteiger partial charge >= 0.3 is 0 Å². The van der Waals surface area contributed by atoms with Gasteiger partial charge in [0.15, 0.2) is 0 Å². The Bertz CT molecular complexity index is 406. The number of benzene rings is 1. The van der Waals surface area contributed by atoms with Gasteiger partial charge in [-0.25, -0.2) is 0 Å². The van der Waals surface area contributed by atoms with Crippen LogP contribution in [0.3, 0.4) is 0 Å². The van der Waals surface area contributed by atoms with Crippen molar-refractivity contribution in [3.8, 4) is 0 Å². The molecule has 0 heterocycles. The lowest BCUT2D eigenvalue weighted by molar-refractivity contribution is 0.0979. The van der Waals surface area contributed by atoms with Crippen molar-refractivity contribution in [2.24, 2.45) is 5.73 Å². The van der Waals surface area contributed by atoms with Crippen molar-refractivity contribution in [2.45, 2.75) is 52.1 Å². The van der Waals surface area contributed by atoms with Gasteiger partial charge in [-0.05, 0) is 30.4 Å². The molecule has 0 aliphatic heterocycles. The fraction of sp³-hybridized carbons (Fsp3) is 0.667. The lowest BCUT2D eigenvalue weighted by atomic mass is 9.86. The van der Waals surface area contributed by atoms with Crippen LogP contribution in [0, 0.1) is 0 Å². The van der Waals surface area contributed by atoms with Gasteiger partial charge in [-0.15, -0.1) is 0 Å². The van der Waals surface area contributed by atoms with E-state index in [9.17, 15) is 0 Å². The highest BCUT2D eigenvalue weighted by Gasteiger charge is 2.22. The summed E-state index contributed by atoms with van der Waals surface area (Å²) < 4.78 is 5.23. The van der Waals surface area contributed by atoms with Crippen molar-refractivity contribution in [2.75, 3.05) is 26.8 Å². The van der Waals surface area contributed by atoms with Gasteiger partial charge in [0.2, 0.25) is 0 Å². The number of hydrogen-bond acceptors (Lipinski definition) is 3. The number of nitrogens with zero attached hydrogens (tertiary/aromatic N) is 1. The van der Waals surface area contributed by atoms with Gasteiger partial charge in [0, 0.05) is 32.3 Å². The van der Waals surface area contributed by atoms with Crippen LogP contribution in [0.1, 0.15) is 51.8 Å². The first kappa shape index (κ1) is 18.1. The highest BCUT2D eigenvalue weighted by molar-refractivity contribution is 5.29. The molecule has 21 heavy (non-hydrogen) atoms. The van der Waals surface area contributed by atoms with Crippen molar-refractivity contribution in [1.82, 2.24) is 4.90 Å². The molecule has 0 amide bonds. The fourth-order valence-electron chi connectivity index (χ4n) is 2.64. The molecule has 0 aliphatic carbocycles. The number of ether oxygens (including phenoxy) is 1. The molecule has 0 saturated heterocycles. The van der Waals surface area contributed by atoms with E-state index in [0.717, 1.165) is 13.2 Å². The smallest absolute Gasteiger partial charge is 0.0590 e. The molecule has 3 heteroatoms. The van der Waals surface area contributed by atoms with Gasteiger partial charge in [0.05, 0.1) is 6.61 Å². The molecule has 120 valence electrons. The van der Waals surface area contributed by atoms with Crippen molar-refractivity contribution >= 4 is 0 Å². The van der Waals surface area contributed by atoms with Gasteiger partial charge < -0.3 is 10.5 Å². The normalized spacial score (nSPS) is 14.0. The Morgan fingerprint density at radius 1 is 1.14 bits per heavy atom. The van der Waals surface area contributed by atoms with Gasteiger partial charge in [-0.1, -0.05) is 45.0 Å². The Balaban J connectivity index is 2.97. The van der Waals surface area contributed by atoms with E-state index in [-0.39, 0.29) is 11.5 Å². The molecular weight excluding hydrogens is 260 g/mol. The van der Waals surface area contributed by atoms with Crippen LogP contribution < -0.4 is 5.73 Å². The van der Waals surface area contributed by atoms with Crippen molar-refractivity contribution < 1.29 is 4.74 Å². The van der Waals surface area contributed by atoms with Gasteiger partial charge in [0.25, 0.3) is 0 Å². The van der Waals surface area contributed by atoms with E-state index >= 15 is 0 Å². The van der Waals surface area contributed by atoms with E-state index in [2.05, 4.69) is 63.8 Å². The molecule has 0 aliphatic rings. The third kappa shape index (κ3) is 5.10. The van der Waals surface area contributed by atoms with E-state index in [1.54, 1.807) is 7.11 Å². The first-order valence-corrected chi connectivity index (χ1v) is 7.86. The monoisotopic (exact) mass is 292 g/mol. The van der Waals surface area contributed by atoms with Gasteiger partial charge in [0.1, 0.15) is 0 Å². The fourth-order valence-corrected chi connectivity index (χ4v) is 2.64. The SMILES string of the molecule is COCCN(C(C)C)C(CN)c1ccc(C(C)(C)C)cc1. The summed E-state index contributed by atoms with van der Waals surface area (Å²) in [6, 6.07) is 9.59. The van der Waals surface area contributed by atoms with E-state index < -0.39 is 0 Å². The zero-order valence-electron chi connectivity index (χ0n) is 14.5. The van der Waals surface area contributed by atoms with E-state index in [1.165, 1.54) is 11.1 Å². The Morgan fingerprint density at radius 2 is 1.71 bits per heavy atom. The summed E-state index contributed by atoms with van der Waals surface area (Å²) in [4.78, 5) is 2.41. The van der Waals surface area contributed by atoms with E-state index in [0.29, 0.717) is 12.6 Å². The summed E-state index contributed by atoms with van der Waals surface area (Å²) in [6.07, 6.45) is 0. The maximum Gasteiger partial charge on any atom is 0.0590 e. The summed E-state index contributed by atoms with van der Waals surface area (Å²) in [7, 11) is 1.74. The summed E-state index contributed by atoms with van der Waals surface area (Å²) in [5, 5.41) is 0. The van der Waals surface area contributed by atoms with Crippen molar-refractivity contribution in [1.29, 1.82) is 0 Å². The molecule has 3 nitrogen and oxygen atoms in total. The standard InChI is InChI=1S/C18H32N2O/c1-14(2)20(11-12-21-6)17(13-19)15-7-9-16(10-8-15)18(3,4)5/h7-10,14,17H,11-13,19H2,1-6H3. The largest absolute Gasteiger partial charge is 0.383 e. The van der Waals surface area contributed by atoms with Crippen LogP contribution in [0.15, 0.2) is 24.3 Å². The van der Waals surface area contributed by atoms with Crippen LogP contribution in [0.2, 0.25) is 0 Å². The second kappa shape index (κ2) is 7.92. The van der Waals surface area contributed by atoms with Gasteiger partial charge in [-0.3, -0.25) is 4.90 Å². The third-order valence-electron chi connectivity index (χ3n) is 4.00. The lowest BCUT2D eigenvalue weighted by Crippen LogP contribution is -2.40. The minimum Gasteiger partial charge on any atom is -0.383 e. The maximum absolute atomic E-state index is 6.06. The summed E-state index contributed by atoms with van der Waals surface area (Å²) in [6.45, 7) is 13.4. The zero-order chi connectivity index (χ0) is 16.0. The van der Waals surface area contributed by atoms with Gasteiger partial charge in [-0.2, -0.15) is 0 Å². The molecule has 0 aromatic heterocycles. The topological polar surface area (TPSA) is 38.5 Å². The molecule has 0 radical (unpaired) electrons. The van der Waals surface area contributed by atoms with Crippen LogP contribution in [0.4, 0.5) is 0 Å². The van der Waals surface area contributed by atoms with Crippen LogP contribution >= 0.6 is 0 Å². The molecule has 0 saturated carbocycles. The Hall–Kier alpha value is -0.900. The molecule has 1 rings (SSSR count). The molecule has 1 atom stereocenters.